The average molecular weight is 2800 g/mol. The Kier molecular flexibility index (Phi) is 97.1. The van der Waals surface area contributed by atoms with Crippen LogP contribution in [0.15, 0.2) is 225 Å². The average Bonchev–Trinajstić information content (AvgIpc) is 1.88. The molecule has 0 saturated heterocycles. The number of aryl methyl sites for hydroxylation is 24. The molecule has 12 aromatic heterocycles. The molecule has 0 N–H and O–H groups in total. The molecule has 0 saturated carbocycles. The Balaban J connectivity index is -0.000000368. The standard InChI is InChI=1S/12C8H15N2.6FH.18O.6Sb/c12*1-3-4-5-10-7-6-9(2)8-10;;;;;;;;;;;;;;;;;;;;;;;;;;;;;;/h12*6-8H,3-5H2,1-2H3;6*1H;;;;;;;;;;;;;;;;;;;;;;;;/q12*+1;;;;;;;;;;;;;12*-1;6*+1/p-6. The summed E-state index contributed by atoms with van der Waals surface area (Å²) < 4.78 is 266. The van der Waals surface area contributed by atoms with Crippen molar-refractivity contribution in [2.45, 2.75) is 316 Å². The molecule has 0 aromatic carbocycles. The second-order valence-corrected chi connectivity index (χ2v) is 49.4. The van der Waals surface area contributed by atoms with Crippen molar-refractivity contribution in [3.8, 4) is 0 Å². The fourth-order valence-corrected chi connectivity index (χ4v) is 11.7. The van der Waals surface area contributed by atoms with Gasteiger partial charge in [-0.1, -0.05) is 160 Å². The SMILES string of the molecule is CCCC[n+]1ccn(C)c1.CCCC[n+]1ccn(C)c1.CCCC[n+]1ccn(C)c1.CCCC[n+]1ccn(C)c1.CCCC[n+]1ccn(C)c1.CCCC[n+]1ccn(C)c1.CCCC[n+]1ccn(C)c1.CCCC[n+]1ccn(C)c1.CCCC[n+]1ccn(C)c1.CCCC[n+]1ccn(C)c1.CCCC[n+]1ccn(C)c1.CCCC[n+]1ccn(C)c1.[O]=[Sb]([O-])([O-])[F].[O]=[Sb]([O-])([O-])[F].[O]=[Sb]([O-])([O-])[F].[O]=[Sb]([O-])([O-])[F].[O]=[Sb]([O-])([O-])[F].[O]=[Sb]([O-])([O-])[F]. The minimum absolute atomic E-state index is 1.15. The van der Waals surface area contributed by atoms with Crippen LogP contribution in [0.3, 0.4) is 0 Å². The van der Waals surface area contributed by atoms with Crippen molar-refractivity contribution in [3.63, 3.8) is 0 Å². The monoisotopic (exact) mass is 2800 g/mol. The molecule has 0 amide bonds. The molecule has 0 bridgehead atoms. The molecule has 12 aromatic rings. The van der Waals surface area contributed by atoms with E-state index in [1.165, 1.54) is 154 Å². The van der Waals surface area contributed by atoms with Crippen LogP contribution in [0.25, 0.3) is 0 Å². The molecule has 0 fully saturated rings. The Bertz CT molecular complexity index is 4270. The van der Waals surface area contributed by atoms with Gasteiger partial charge >= 0.3 is 197 Å². The molecule has 12 heterocycles. The van der Waals surface area contributed by atoms with Crippen LogP contribution in [-0.4, -0.2) is 176 Å². The van der Waals surface area contributed by atoms with E-state index in [0.29, 0.717) is 0 Å². The Morgan fingerprint density at radius 2 is 0.207 bits per heavy atom. The summed E-state index contributed by atoms with van der Waals surface area (Å²) in [7, 11) is 24.5. The van der Waals surface area contributed by atoms with Crippen molar-refractivity contribution in [2.75, 3.05) is 0 Å². The third-order valence-corrected chi connectivity index (χ3v) is 19.1. The molecule has 150 heavy (non-hydrogen) atoms. The number of nitrogens with zero attached hydrogens (tertiary/aromatic N) is 24. The summed E-state index contributed by atoms with van der Waals surface area (Å²) in [6.07, 6.45) is 106. The van der Waals surface area contributed by atoms with E-state index in [9.17, 15) is 16.9 Å². The molecule has 42 nitrogen and oxygen atoms in total. The summed E-state index contributed by atoms with van der Waals surface area (Å²) in [5.41, 5.74) is 0. The molecule has 54 heteroatoms. The van der Waals surface area contributed by atoms with Crippen molar-refractivity contribution in [1.82, 2.24) is 54.8 Å². The van der Waals surface area contributed by atoms with Crippen LogP contribution in [0, 0.1) is 0 Å². The Morgan fingerprint density at radius 3 is 0.240 bits per heavy atom. The van der Waals surface area contributed by atoms with Crippen molar-refractivity contribution < 1.29 is 130 Å². The summed E-state index contributed by atoms with van der Waals surface area (Å²) >= 11 is -38.1. The van der Waals surface area contributed by atoms with Gasteiger partial charge in [-0.25, -0.2) is 110 Å². The van der Waals surface area contributed by atoms with E-state index in [0.717, 1.165) is 78.5 Å². The van der Waals surface area contributed by atoms with Gasteiger partial charge in [0.2, 0.25) is 75.9 Å². The van der Waals surface area contributed by atoms with E-state index in [2.05, 4.69) is 417 Å². The molecular weight excluding hydrogens is 2620 g/mol. The van der Waals surface area contributed by atoms with Crippen LogP contribution < -0.4 is 95.4 Å². The first-order chi connectivity index (χ1) is 69.9. The number of unbranched alkanes of at least 4 members (excludes halogenated alkanes) is 12. The predicted molar refractivity (Wildman–Crippen MR) is 531 cm³/mol. The second kappa shape index (κ2) is 94.6. The van der Waals surface area contributed by atoms with Gasteiger partial charge in [-0.05, 0) is 77.0 Å². The first-order valence-corrected chi connectivity index (χ1v) is 74.9. The van der Waals surface area contributed by atoms with Crippen LogP contribution in [-0.2, 0) is 181 Å². The van der Waals surface area contributed by atoms with Gasteiger partial charge in [-0.3, -0.25) is 0 Å². The summed E-state index contributed by atoms with van der Waals surface area (Å²) in [5, 5.41) is 0. The van der Waals surface area contributed by atoms with Crippen molar-refractivity contribution >= 4 is 121 Å². The zero-order valence-corrected chi connectivity index (χ0v) is 109. The zero-order chi connectivity index (χ0) is 116. The van der Waals surface area contributed by atoms with Gasteiger partial charge in [0.05, 0.1) is 163 Å². The van der Waals surface area contributed by atoms with Crippen LogP contribution in [0.4, 0.5) is 16.9 Å². The van der Waals surface area contributed by atoms with Gasteiger partial charge in [0.15, 0.2) is 0 Å². The third-order valence-electron chi connectivity index (χ3n) is 19.1. The number of hydrogen-bond donors (Lipinski definition) is 0. The molecule has 0 spiro atoms. The van der Waals surface area contributed by atoms with E-state index in [-0.39, 0.29) is 0 Å². The molecule has 864 valence electrons. The first-order valence-electron chi connectivity index (χ1n) is 50.3. The number of aromatic nitrogens is 24. The molecule has 12 rings (SSSR count). The van der Waals surface area contributed by atoms with Gasteiger partial charge in [0, 0.05) is 0 Å². The van der Waals surface area contributed by atoms with E-state index in [4.69, 9.17) is 58.7 Å². The molecule has 0 aliphatic rings. The van der Waals surface area contributed by atoms with Crippen LogP contribution in [0.1, 0.15) is 237 Å². The molecule has 0 aliphatic heterocycles. The third kappa shape index (κ3) is 125. The normalized spacial score (nSPS) is 10.5. The molecule has 0 atom stereocenters. The van der Waals surface area contributed by atoms with E-state index in [1.807, 2.05) is 84.6 Å². The van der Waals surface area contributed by atoms with Gasteiger partial charge in [-0.2, -0.15) is 0 Å². The van der Waals surface area contributed by atoms with Gasteiger partial charge in [-0.15, -0.1) is 0 Å². The predicted octanol–water partition coefficient (Wildman–Crippen LogP) is -1.39. The number of imidazole rings is 12. The topological polar surface area (TPSA) is 485 Å². The Morgan fingerprint density at radius 1 is 0.153 bits per heavy atom. The summed E-state index contributed by atoms with van der Waals surface area (Å²) in [6, 6.07) is 0. The van der Waals surface area contributed by atoms with Crippen LogP contribution >= 0.6 is 0 Å². The second-order valence-electron chi connectivity index (χ2n) is 34.6. The van der Waals surface area contributed by atoms with E-state index in [1.54, 1.807) is 0 Å². The van der Waals surface area contributed by atoms with E-state index >= 15 is 0 Å². The summed E-state index contributed by atoms with van der Waals surface area (Å²) in [4.78, 5) is 0. The summed E-state index contributed by atoms with van der Waals surface area (Å²) in [5.74, 6) is 0. The van der Waals surface area contributed by atoms with Crippen LogP contribution in [0.5, 0.6) is 0 Å². The van der Waals surface area contributed by atoms with E-state index < -0.39 is 121 Å². The van der Waals surface area contributed by atoms with Gasteiger partial charge < -0.3 is 0 Å². The van der Waals surface area contributed by atoms with Crippen molar-refractivity contribution in [2.24, 2.45) is 84.6 Å². The van der Waals surface area contributed by atoms with Gasteiger partial charge in [0.25, 0.3) is 0 Å². The van der Waals surface area contributed by atoms with Crippen molar-refractivity contribution in [3.05, 3.63) is 225 Å². The van der Waals surface area contributed by atoms with Crippen LogP contribution in [0.2, 0.25) is 0 Å². The minimum atomic E-state index is -6.35. The molecular formula is C96H180F6N24O18Sb6. The molecule has 0 radical (unpaired) electrons. The maximum atomic E-state index is 10.2. The van der Waals surface area contributed by atoms with Gasteiger partial charge in [0.1, 0.15) is 149 Å². The number of rotatable bonds is 36. The molecule has 0 aliphatic carbocycles. The quantitative estimate of drug-likeness (QED) is 0.0248. The number of halogens is 6. The molecule has 0 unspecified atom stereocenters. The maximum absolute atomic E-state index is 10.2. The fraction of sp³-hybridized carbons (Fsp3) is 0.625. The fourth-order valence-electron chi connectivity index (χ4n) is 11.7. The van der Waals surface area contributed by atoms with Crippen molar-refractivity contribution in [1.29, 1.82) is 0 Å². The Hall–Kier alpha value is -6.67. The zero-order valence-electron chi connectivity index (χ0n) is 93.3. The first kappa shape index (κ1) is 154. The number of hydrogen-bond acceptors (Lipinski definition) is 18. The Labute approximate surface area is 922 Å². The summed E-state index contributed by atoms with van der Waals surface area (Å²) in [6.45, 7) is 40.3.